The maximum Gasteiger partial charge on any atom is 0.224 e. The zero-order chi connectivity index (χ0) is 19.7. The maximum atomic E-state index is 8.60. The summed E-state index contributed by atoms with van der Waals surface area (Å²) in [7, 11) is -0.554. The molecule has 0 saturated carbocycles. The molecule has 4 rings (SSSR count). The van der Waals surface area contributed by atoms with Gasteiger partial charge in [-0.1, -0.05) is 12.1 Å². The van der Waals surface area contributed by atoms with Gasteiger partial charge < -0.3 is 9.80 Å². The summed E-state index contributed by atoms with van der Waals surface area (Å²) in [5.74, 6) is -0.532. The Morgan fingerprint density at radius 2 is 1.78 bits per heavy atom. The van der Waals surface area contributed by atoms with E-state index in [9.17, 15) is 0 Å². The number of hydrogen-bond donors (Lipinski definition) is 1. The Labute approximate surface area is 158 Å². The standard InChI is InChI=1S/C17H17N5.ClHO4/c1-20(2)17(16-8-3-5-9-19-16)21-11-6-4-7-14(21)15-13-18-10-12-22(15)17;2-1(3,4)5/h3-13H,1-2H3;(H,2,3,4,5). The third-order valence-corrected chi connectivity index (χ3v) is 4.18. The minimum Gasteiger partial charge on any atom is -0.304 e. The van der Waals surface area contributed by atoms with E-state index in [4.69, 9.17) is 18.6 Å². The molecule has 10 heteroatoms. The lowest BCUT2D eigenvalue weighted by Crippen LogP contribution is -2.58. The zero-order valence-electron chi connectivity index (χ0n) is 14.6. The Bertz CT molecular complexity index is 799. The van der Waals surface area contributed by atoms with E-state index in [1.807, 2.05) is 49.1 Å². The van der Waals surface area contributed by atoms with Crippen molar-refractivity contribution in [2.45, 2.75) is 5.79 Å². The molecule has 3 aliphatic rings. The number of nitrogens with zero attached hydrogens (tertiary/aromatic N) is 5. The SMILES string of the molecule is CN(C)C1(c2ccccn2)N2C=CC=CC2=C2C=NC=CN21.[O-][Cl+3]([O-])([O-])O. The molecule has 0 spiro atoms. The summed E-state index contributed by atoms with van der Waals surface area (Å²) in [5, 5.41) is 0. The molecule has 1 aromatic rings. The van der Waals surface area contributed by atoms with Crippen LogP contribution in [0.4, 0.5) is 0 Å². The molecule has 1 unspecified atom stereocenters. The van der Waals surface area contributed by atoms with Gasteiger partial charge in [0.15, 0.2) is 0 Å². The summed E-state index contributed by atoms with van der Waals surface area (Å²) in [4.78, 5) is 15.6. The summed E-state index contributed by atoms with van der Waals surface area (Å²) in [6, 6.07) is 6.03. The van der Waals surface area contributed by atoms with Gasteiger partial charge in [-0.15, -0.1) is 0 Å². The number of halogens is 1. The molecule has 9 nitrogen and oxygen atoms in total. The molecular weight excluding hydrogens is 374 g/mol. The number of allylic oxidation sites excluding steroid dienone is 4. The van der Waals surface area contributed by atoms with Crippen LogP contribution in [-0.4, -0.2) is 44.7 Å². The molecule has 0 aliphatic carbocycles. The van der Waals surface area contributed by atoms with Crippen molar-refractivity contribution in [3.8, 4) is 0 Å². The number of pyridine rings is 1. The molecule has 1 atom stereocenters. The minimum atomic E-state index is -4.69. The lowest BCUT2D eigenvalue weighted by Gasteiger charge is -2.48. The highest BCUT2D eigenvalue weighted by molar-refractivity contribution is 5.83. The van der Waals surface area contributed by atoms with E-state index < -0.39 is 16.0 Å². The highest BCUT2D eigenvalue weighted by atomic mass is 35.7. The monoisotopic (exact) mass is 391 g/mol. The first-order valence-electron chi connectivity index (χ1n) is 7.86. The molecule has 0 saturated heterocycles. The Morgan fingerprint density at radius 1 is 1.07 bits per heavy atom. The van der Waals surface area contributed by atoms with Gasteiger partial charge in [0.1, 0.15) is 5.69 Å². The number of rotatable bonds is 2. The third-order valence-electron chi connectivity index (χ3n) is 4.18. The van der Waals surface area contributed by atoms with Crippen molar-refractivity contribution < 1.29 is 28.9 Å². The summed E-state index contributed by atoms with van der Waals surface area (Å²) in [5.41, 5.74) is 3.16. The fraction of sp³-hybridized carbons (Fsp3) is 0.176. The third kappa shape index (κ3) is 3.52. The quantitative estimate of drug-likeness (QED) is 0.619. The van der Waals surface area contributed by atoms with Gasteiger partial charge in [0.05, 0.1) is 32.5 Å². The highest BCUT2D eigenvalue weighted by Crippen LogP contribution is 2.47. The van der Waals surface area contributed by atoms with Crippen molar-refractivity contribution in [1.82, 2.24) is 19.7 Å². The second-order valence-electron chi connectivity index (χ2n) is 5.93. The van der Waals surface area contributed by atoms with Crippen LogP contribution in [0.2, 0.25) is 0 Å². The van der Waals surface area contributed by atoms with Gasteiger partial charge in [0.25, 0.3) is 0 Å². The number of aliphatic imine (C=N–C) groups is 1. The van der Waals surface area contributed by atoms with Crippen LogP contribution in [0.3, 0.4) is 0 Å². The number of aromatic nitrogens is 1. The molecule has 1 N–H and O–H groups in total. The molecule has 1 aromatic heterocycles. The van der Waals surface area contributed by atoms with Crippen LogP contribution in [0.25, 0.3) is 0 Å². The topological polar surface area (TPSA) is 124 Å². The van der Waals surface area contributed by atoms with Crippen molar-refractivity contribution >= 4 is 6.21 Å². The number of hydrogen-bond acceptors (Lipinski definition) is 9. The van der Waals surface area contributed by atoms with Crippen LogP contribution < -0.4 is 14.0 Å². The second-order valence-corrected chi connectivity index (χ2v) is 6.72. The molecular formula is C17H18ClN5O4. The van der Waals surface area contributed by atoms with Crippen LogP contribution in [0.5, 0.6) is 0 Å². The van der Waals surface area contributed by atoms with Gasteiger partial charge in [-0.25, -0.2) is 0 Å². The van der Waals surface area contributed by atoms with Gasteiger partial charge in [0.2, 0.25) is 5.79 Å². The predicted octanol–water partition coefficient (Wildman–Crippen LogP) is -1.90. The fourth-order valence-corrected chi connectivity index (χ4v) is 3.33. The average Bonchev–Trinajstić information content (AvgIpc) is 2.93. The first-order chi connectivity index (χ1) is 12.8. The second kappa shape index (κ2) is 7.24. The summed E-state index contributed by atoms with van der Waals surface area (Å²) >= 11 is 0. The predicted molar refractivity (Wildman–Crippen MR) is 88.4 cm³/mol. The molecule has 0 fully saturated rings. The Kier molecular flexibility index (Phi) is 5.16. The highest BCUT2D eigenvalue weighted by Gasteiger charge is 2.53. The van der Waals surface area contributed by atoms with Crippen molar-refractivity contribution in [3.63, 3.8) is 0 Å². The molecule has 27 heavy (non-hydrogen) atoms. The minimum absolute atomic E-state index is 0.532. The summed E-state index contributed by atoms with van der Waals surface area (Å²) < 4.78 is 32.7. The van der Waals surface area contributed by atoms with E-state index in [2.05, 4.69) is 57.1 Å². The summed E-state index contributed by atoms with van der Waals surface area (Å²) in [6.07, 6.45) is 15.9. The Balaban J connectivity index is 0.000000376. The Hall–Kier alpha value is -2.53. The van der Waals surface area contributed by atoms with Crippen LogP contribution in [0.1, 0.15) is 5.69 Å². The van der Waals surface area contributed by atoms with Crippen molar-refractivity contribution in [2.75, 3.05) is 14.1 Å². The van der Waals surface area contributed by atoms with Crippen LogP contribution in [0, 0.1) is 10.2 Å². The molecule has 0 radical (unpaired) electrons. The molecule has 3 aliphatic heterocycles. The van der Waals surface area contributed by atoms with Crippen LogP contribution in [0.15, 0.2) is 77.6 Å². The average molecular weight is 392 g/mol. The summed E-state index contributed by atoms with van der Waals surface area (Å²) in [6.45, 7) is 0. The zero-order valence-corrected chi connectivity index (χ0v) is 15.4. The van der Waals surface area contributed by atoms with Gasteiger partial charge in [-0.3, -0.25) is 14.9 Å². The lowest BCUT2D eigenvalue weighted by atomic mass is 10.1. The van der Waals surface area contributed by atoms with Crippen molar-refractivity contribution in [2.24, 2.45) is 4.99 Å². The van der Waals surface area contributed by atoms with E-state index in [1.54, 1.807) is 0 Å². The largest absolute Gasteiger partial charge is 0.304 e. The first-order valence-corrected chi connectivity index (χ1v) is 9.12. The lowest BCUT2D eigenvalue weighted by molar-refractivity contribution is -1.92. The molecule has 4 heterocycles. The normalized spacial score (nSPS) is 22.8. The smallest absolute Gasteiger partial charge is 0.224 e. The maximum absolute atomic E-state index is 8.60. The molecule has 142 valence electrons. The fourth-order valence-electron chi connectivity index (χ4n) is 3.33. The molecule has 0 amide bonds. The first kappa shape index (κ1) is 19.2. The van der Waals surface area contributed by atoms with Crippen molar-refractivity contribution in [1.29, 1.82) is 0 Å². The number of fused-ring (bicyclic) bond motifs is 2. The van der Waals surface area contributed by atoms with Gasteiger partial charge in [-0.05, 0) is 38.4 Å². The van der Waals surface area contributed by atoms with Gasteiger partial charge >= 0.3 is 0 Å². The van der Waals surface area contributed by atoms with Gasteiger partial charge in [0, 0.05) is 24.8 Å². The van der Waals surface area contributed by atoms with Crippen LogP contribution >= 0.6 is 0 Å². The van der Waals surface area contributed by atoms with Crippen molar-refractivity contribution in [3.05, 3.63) is 78.3 Å². The van der Waals surface area contributed by atoms with Gasteiger partial charge in [-0.2, -0.15) is 14.0 Å². The van der Waals surface area contributed by atoms with Crippen LogP contribution in [-0.2, 0) is 5.79 Å². The van der Waals surface area contributed by atoms with E-state index in [1.165, 1.54) is 0 Å². The van der Waals surface area contributed by atoms with E-state index in [0.717, 1.165) is 17.1 Å². The van der Waals surface area contributed by atoms with E-state index in [0.29, 0.717) is 0 Å². The van der Waals surface area contributed by atoms with E-state index in [-0.39, 0.29) is 0 Å². The molecule has 0 aromatic carbocycles. The van der Waals surface area contributed by atoms with E-state index >= 15 is 0 Å². The molecule has 0 bridgehead atoms. The Morgan fingerprint density at radius 3 is 2.41 bits per heavy atom.